The lowest BCUT2D eigenvalue weighted by Crippen LogP contribution is -2.51. The molecule has 92 valence electrons. The standard InChI is InChI=1S/C11H10ClF2NO2/c12-8-2-10(14)9(13)1-7(8)11(17)15-3-6(4-15)5-16/h1-2,6,16H,3-5H2. The van der Waals surface area contributed by atoms with E-state index in [1.54, 1.807) is 0 Å². The molecule has 0 spiro atoms. The summed E-state index contributed by atoms with van der Waals surface area (Å²) in [4.78, 5) is 13.3. The normalized spacial score (nSPS) is 15.9. The molecule has 0 bridgehead atoms. The molecule has 1 heterocycles. The fourth-order valence-corrected chi connectivity index (χ4v) is 1.94. The number of likely N-dealkylation sites (tertiary alicyclic amines) is 1. The van der Waals surface area contributed by atoms with Crippen LogP contribution >= 0.6 is 11.6 Å². The van der Waals surface area contributed by atoms with Crippen LogP contribution in [0.1, 0.15) is 10.4 Å². The highest BCUT2D eigenvalue weighted by atomic mass is 35.5. The van der Waals surface area contributed by atoms with Gasteiger partial charge < -0.3 is 10.0 Å². The third kappa shape index (κ3) is 2.25. The molecule has 0 aromatic heterocycles. The molecule has 1 aliphatic heterocycles. The Morgan fingerprint density at radius 2 is 2.00 bits per heavy atom. The van der Waals surface area contributed by atoms with Crippen LogP contribution in [0.3, 0.4) is 0 Å². The van der Waals surface area contributed by atoms with Crippen molar-refractivity contribution in [3.63, 3.8) is 0 Å². The van der Waals surface area contributed by atoms with Crippen LogP contribution in [0.4, 0.5) is 8.78 Å². The summed E-state index contributed by atoms with van der Waals surface area (Å²) in [5.41, 5.74) is -0.0537. The van der Waals surface area contributed by atoms with Crippen molar-refractivity contribution in [2.75, 3.05) is 19.7 Å². The van der Waals surface area contributed by atoms with Crippen molar-refractivity contribution in [1.29, 1.82) is 0 Å². The molecule has 2 rings (SSSR count). The largest absolute Gasteiger partial charge is 0.396 e. The van der Waals surface area contributed by atoms with Gasteiger partial charge in [0.2, 0.25) is 0 Å². The zero-order valence-corrected chi connectivity index (χ0v) is 9.55. The lowest BCUT2D eigenvalue weighted by atomic mass is 10.00. The summed E-state index contributed by atoms with van der Waals surface area (Å²) in [5, 5.41) is 8.71. The van der Waals surface area contributed by atoms with E-state index in [4.69, 9.17) is 16.7 Å². The SMILES string of the molecule is O=C(c1cc(F)c(F)cc1Cl)N1CC(CO)C1. The average Bonchev–Trinajstić information content (AvgIpc) is 2.21. The number of carbonyl (C=O) groups is 1. The molecule has 1 saturated heterocycles. The molecule has 1 amide bonds. The lowest BCUT2D eigenvalue weighted by Gasteiger charge is -2.38. The molecule has 3 nitrogen and oxygen atoms in total. The fraction of sp³-hybridized carbons (Fsp3) is 0.364. The molecule has 6 heteroatoms. The summed E-state index contributed by atoms with van der Waals surface area (Å²) >= 11 is 5.69. The van der Waals surface area contributed by atoms with Gasteiger partial charge in [-0.2, -0.15) is 0 Å². The number of nitrogens with zero attached hydrogens (tertiary/aromatic N) is 1. The molecule has 0 saturated carbocycles. The molecule has 1 N–H and O–H groups in total. The van der Waals surface area contributed by atoms with E-state index >= 15 is 0 Å². The molecule has 0 atom stereocenters. The zero-order valence-electron chi connectivity index (χ0n) is 8.79. The van der Waals surface area contributed by atoms with Gasteiger partial charge in [0.1, 0.15) is 0 Å². The Balaban J connectivity index is 2.18. The van der Waals surface area contributed by atoms with Gasteiger partial charge in [-0.15, -0.1) is 0 Å². The summed E-state index contributed by atoms with van der Waals surface area (Å²) in [6.07, 6.45) is 0. The van der Waals surface area contributed by atoms with E-state index in [1.165, 1.54) is 4.90 Å². The summed E-state index contributed by atoms with van der Waals surface area (Å²) < 4.78 is 25.8. The van der Waals surface area contributed by atoms with Gasteiger partial charge in [0, 0.05) is 25.6 Å². The van der Waals surface area contributed by atoms with Crippen LogP contribution in [0.25, 0.3) is 0 Å². The van der Waals surface area contributed by atoms with Gasteiger partial charge in [-0.1, -0.05) is 11.6 Å². The van der Waals surface area contributed by atoms with E-state index in [-0.39, 0.29) is 23.1 Å². The fourth-order valence-electron chi connectivity index (χ4n) is 1.71. The summed E-state index contributed by atoms with van der Waals surface area (Å²) in [7, 11) is 0. The van der Waals surface area contributed by atoms with Crippen molar-refractivity contribution < 1.29 is 18.7 Å². The van der Waals surface area contributed by atoms with E-state index < -0.39 is 17.5 Å². The predicted octanol–water partition coefficient (Wildman–Crippen LogP) is 1.68. The first-order valence-corrected chi connectivity index (χ1v) is 5.45. The van der Waals surface area contributed by atoms with Gasteiger partial charge in [-0.3, -0.25) is 4.79 Å². The number of hydrogen-bond donors (Lipinski definition) is 1. The van der Waals surface area contributed by atoms with E-state index in [0.29, 0.717) is 13.1 Å². The number of aliphatic hydroxyl groups excluding tert-OH is 1. The molecule has 1 fully saturated rings. The number of aliphatic hydroxyl groups is 1. The van der Waals surface area contributed by atoms with E-state index in [9.17, 15) is 13.6 Å². The predicted molar refractivity (Wildman–Crippen MR) is 57.8 cm³/mol. The van der Waals surface area contributed by atoms with Crippen LogP contribution in [0, 0.1) is 17.6 Å². The highest BCUT2D eigenvalue weighted by Crippen LogP contribution is 2.24. The highest BCUT2D eigenvalue weighted by Gasteiger charge is 2.31. The molecule has 17 heavy (non-hydrogen) atoms. The molecule has 0 radical (unpaired) electrons. The van der Waals surface area contributed by atoms with E-state index in [0.717, 1.165) is 12.1 Å². The van der Waals surface area contributed by atoms with Gasteiger partial charge in [0.15, 0.2) is 11.6 Å². The van der Waals surface area contributed by atoms with Crippen LogP contribution in [-0.4, -0.2) is 35.6 Å². The van der Waals surface area contributed by atoms with Crippen LogP contribution in [0.2, 0.25) is 5.02 Å². The van der Waals surface area contributed by atoms with Gasteiger partial charge >= 0.3 is 0 Å². The molecular weight excluding hydrogens is 252 g/mol. The van der Waals surface area contributed by atoms with Crippen molar-refractivity contribution in [1.82, 2.24) is 4.90 Å². The zero-order chi connectivity index (χ0) is 12.6. The molecule has 1 aromatic rings. The molecule has 0 aliphatic carbocycles. The number of amides is 1. The Bertz CT molecular complexity index is 461. The monoisotopic (exact) mass is 261 g/mol. The Morgan fingerprint density at radius 1 is 1.41 bits per heavy atom. The topological polar surface area (TPSA) is 40.5 Å². The smallest absolute Gasteiger partial charge is 0.255 e. The van der Waals surface area contributed by atoms with Gasteiger partial charge in [-0.05, 0) is 12.1 Å². The van der Waals surface area contributed by atoms with Crippen LogP contribution in [0.5, 0.6) is 0 Å². The molecular formula is C11H10ClF2NO2. The Morgan fingerprint density at radius 3 is 2.59 bits per heavy atom. The summed E-state index contributed by atoms with van der Waals surface area (Å²) in [6, 6.07) is 1.58. The maximum atomic E-state index is 13.0. The summed E-state index contributed by atoms with van der Waals surface area (Å²) in [5.74, 6) is -2.57. The Hall–Kier alpha value is -1.20. The van der Waals surface area contributed by atoms with Crippen LogP contribution in [0.15, 0.2) is 12.1 Å². The quantitative estimate of drug-likeness (QED) is 0.823. The first kappa shape index (κ1) is 12.3. The second kappa shape index (κ2) is 4.58. The van der Waals surface area contributed by atoms with Gasteiger partial charge in [0.25, 0.3) is 5.91 Å². The summed E-state index contributed by atoms with van der Waals surface area (Å²) in [6.45, 7) is 0.824. The van der Waals surface area contributed by atoms with Crippen molar-refractivity contribution in [2.45, 2.75) is 0 Å². The minimum absolute atomic E-state index is 0.00922. The highest BCUT2D eigenvalue weighted by molar-refractivity contribution is 6.33. The average molecular weight is 262 g/mol. The van der Waals surface area contributed by atoms with E-state index in [2.05, 4.69) is 0 Å². The van der Waals surface area contributed by atoms with Crippen molar-refractivity contribution >= 4 is 17.5 Å². The van der Waals surface area contributed by atoms with Gasteiger partial charge in [0.05, 0.1) is 10.6 Å². The number of halogens is 3. The van der Waals surface area contributed by atoms with Crippen molar-refractivity contribution in [3.8, 4) is 0 Å². The van der Waals surface area contributed by atoms with Crippen molar-refractivity contribution in [3.05, 3.63) is 34.4 Å². The minimum atomic E-state index is -1.10. The first-order chi connectivity index (χ1) is 8.02. The van der Waals surface area contributed by atoms with Gasteiger partial charge in [-0.25, -0.2) is 8.78 Å². The second-order valence-electron chi connectivity index (χ2n) is 4.00. The van der Waals surface area contributed by atoms with E-state index in [1.807, 2.05) is 0 Å². The number of carbonyl (C=O) groups excluding carboxylic acids is 1. The number of hydrogen-bond acceptors (Lipinski definition) is 2. The molecule has 1 aromatic carbocycles. The lowest BCUT2D eigenvalue weighted by molar-refractivity contribution is 0.0361. The Labute approximate surface area is 102 Å². The third-order valence-electron chi connectivity index (χ3n) is 2.74. The maximum Gasteiger partial charge on any atom is 0.255 e. The minimum Gasteiger partial charge on any atom is -0.396 e. The number of rotatable bonds is 2. The second-order valence-corrected chi connectivity index (χ2v) is 4.41. The maximum absolute atomic E-state index is 13.0. The van der Waals surface area contributed by atoms with Crippen molar-refractivity contribution in [2.24, 2.45) is 5.92 Å². The Kier molecular flexibility index (Phi) is 3.31. The molecule has 0 unspecified atom stereocenters. The first-order valence-electron chi connectivity index (χ1n) is 5.07. The van der Waals surface area contributed by atoms with Crippen LogP contribution < -0.4 is 0 Å². The number of benzene rings is 1. The van der Waals surface area contributed by atoms with Crippen LogP contribution in [-0.2, 0) is 0 Å². The third-order valence-corrected chi connectivity index (χ3v) is 3.06. The molecule has 1 aliphatic rings.